The van der Waals surface area contributed by atoms with E-state index in [0.717, 1.165) is 0 Å². The minimum atomic E-state index is -0.476. The average molecular weight is 345 g/mol. The second-order valence-electron chi connectivity index (χ2n) is 4.18. The summed E-state index contributed by atoms with van der Waals surface area (Å²) in [5.41, 5.74) is 0.706. The highest BCUT2D eigenvalue weighted by Gasteiger charge is 2.21. The van der Waals surface area contributed by atoms with E-state index in [1.807, 2.05) is 0 Å². The van der Waals surface area contributed by atoms with Gasteiger partial charge in [-0.3, -0.25) is 14.9 Å². The van der Waals surface area contributed by atoms with Crippen molar-refractivity contribution in [3.63, 3.8) is 0 Å². The number of hydrogen-bond donors (Lipinski definition) is 0. The van der Waals surface area contributed by atoms with Gasteiger partial charge in [0.2, 0.25) is 0 Å². The van der Waals surface area contributed by atoms with E-state index in [9.17, 15) is 14.9 Å². The Bertz CT molecular complexity index is 493. The fourth-order valence-corrected chi connectivity index (χ4v) is 2.27. The van der Waals surface area contributed by atoms with Gasteiger partial charge in [0.05, 0.1) is 11.5 Å². The summed E-state index contributed by atoms with van der Waals surface area (Å²) in [7, 11) is 1.56. The van der Waals surface area contributed by atoms with Gasteiger partial charge in [-0.15, -0.1) is 0 Å². The van der Waals surface area contributed by atoms with E-state index in [4.69, 9.17) is 4.74 Å². The van der Waals surface area contributed by atoms with Crippen LogP contribution in [-0.2, 0) is 4.74 Å². The van der Waals surface area contributed by atoms with Crippen molar-refractivity contribution in [1.82, 2.24) is 4.90 Å². The van der Waals surface area contributed by atoms with Crippen molar-refractivity contribution in [3.8, 4) is 0 Å². The van der Waals surface area contributed by atoms with Crippen LogP contribution in [0.4, 0.5) is 5.69 Å². The van der Waals surface area contributed by atoms with Crippen LogP contribution in [0.3, 0.4) is 0 Å². The van der Waals surface area contributed by atoms with Crippen LogP contribution in [0.25, 0.3) is 0 Å². The fourth-order valence-electron chi connectivity index (χ4n) is 1.84. The largest absolute Gasteiger partial charge is 0.383 e. The third-order valence-electron chi connectivity index (χ3n) is 2.94. The van der Waals surface area contributed by atoms with E-state index in [0.29, 0.717) is 36.2 Å². The number of benzene rings is 1. The second kappa shape index (κ2) is 7.96. The molecule has 1 rings (SSSR count). The van der Waals surface area contributed by atoms with Gasteiger partial charge in [0.25, 0.3) is 11.6 Å². The van der Waals surface area contributed by atoms with Crippen molar-refractivity contribution in [2.75, 3.05) is 32.1 Å². The van der Waals surface area contributed by atoms with Crippen LogP contribution in [0.5, 0.6) is 0 Å². The molecule has 1 aromatic carbocycles. The van der Waals surface area contributed by atoms with Gasteiger partial charge in [0.1, 0.15) is 0 Å². The number of ether oxygens (including phenoxy) is 1. The molecule has 1 amide bonds. The van der Waals surface area contributed by atoms with Crippen LogP contribution < -0.4 is 0 Å². The number of amides is 1. The molecule has 0 bridgehead atoms. The van der Waals surface area contributed by atoms with Crippen LogP contribution in [0.1, 0.15) is 15.9 Å². The predicted octanol–water partition coefficient (Wildman–Crippen LogP) is 2.39. The summed E-state index contributed by atoms with van der Waals surface area (Å²) >= 11 is 3.30. The zero-order valence-electron chi connectivity index (χ0n) is 11.5. The molecule has 0 spiro atoms. The smallest absolute Gasteiger partial charge is 0.273 e. The Morgan fingerprint density at radius 2 is 2.15 bits per heavy atom. The molecule has 0 aliphatic carbocycles. The van der Waals surface area contributed by atoms with Crippen molar-refractivity contribution < 1.29 is 14.5 Å². The summed E-state index contributed by atoms with van der Waals surface area (Å²) in [6.45, 7) is 2.98. The zero-order chi connectivity index (χ0) is 15.1. The van der Waals surface area contributed by atoms with E-state index in [1.165, 1.54) is 12.1 Å². The Hall–Kier alpha value is -1.47. The number of nitro groups is 1. The molecule has 0 aromatic heterocycles. The first-order valence-electron chi connectivity index (χ1n) is 6.11. The van der Waals surface area contributed by atoms with Crippen LogP contribution in [0.15, 0.2) is 18.2 Å². The van der Waals surface area contributed by atoms with E-state index in [-0.39, 0.29) is 11.6 Å². The summed E-state index contributed by atoms with van der Waals surface area (Å²) in [6, 6.07) is 4.54. The first-order chi connectivity index (χ1) is 9.52. The number of methoxy groups -OCH3 is 1. The van der Waals surface area contributed by atoms with Gasteiger partial charge in [0.15, 0.2) is 0 Å². The maximum Gasteiger partial charge on any atom is 0.273 e. The lowest BCUT2D eigenvalue weighted by Gasteiger charge is -2.22. The summed E-state index contributed by atoms with van der Waals surface area (Å²) in [6.07, 6.45) is 0. The van der Waals surface area contributed by atoms with Gasteiger partial charge < -0.3 is 9.64 Å². The van der Waals surface area contributed by atoms with Crippen molar-refractivity contribution in [2.24, 2.45) is 0 Å². The Labute approximate surface area is 126 Å². The number of nitrogens with zero attached hydrogens (tertiary/aromatic N) is 2. The molecule has 20 heavy (non-hydrogen) atoms. The standard InChI is InChI=1S/C13H17BrN2O4/c1-10-11(4-3-5-12(10)16(18)19)13(17)15(7-6-14)8-9-20-2/h3-5H,6-9H2,1-2H3. The Morgan fingerprint density at radius 1 is 1.45 bits per heavy atom. The molecule has 7 heteroatoms. The van der Waals surface area contributed by atoms with Crippen molar-refractivity contribution >= 4 is 27.5 Å². The predicted molar refractivity (Wildman–Crippen MR) is 79.4 cm³/mol. The first kappa shape index (κ1) is 16.6. The topological polar surface area (TPSA) is 72.7 Å². The molecule has 0 fully saturated rings. The van der Waals surface area contributed by atoms with Gasteiger partial charge in [-0.05, 0) is 13.0 Å². The van der Waals surface area contributed by atoms with E-state index < -0.39 is 4.92 Å². The summed E-state index contributed by atoms with van der Waals surface area (Å²) in [5, 5.41) is 11.6. The Morgan fingerprint density at radius 3 is 2.70 bits per heavy atom. The quantitative estimate of drug-likeness (QED) is 0.432. The highest BCUT2D eigenvalue weighted by Crippen LogP contribution is 2.22. The lowest BCUT2D eigenvalue weighted by atomic mass is 10.1. The molecular formula is C13H17BrN2O4. The second-order valence-corrected chi connectivity index (χ2v) is 4.97. The summed E-state index contributed by atoms with van der Waals surface area (Å²) in [4.78, 5) is 24.5. The van der Waals surface area contributed by atoms with Crippen molar-refractivity contribution in [1.29, 1.82) is 0 Å². The summed E-state index contributed by atoms with van der Waals surface area (Å²) in [5.74, 6) is -0.220. The van der Waals surface area contributed by atoms with E-state index >= 15 is 0 Å². The zero-order valence-corrected chi connectivity index (χ0v) is 13.1. The molecule has 0 saturated carbocycles. The number of nitro benzene ring substituents is 1. The van der Waals surface area contributed by atoms with Crippen LogP contribution >= 0.6 is 15.9 Å². The van der Waals surface area contributed by atoms with Crippen LogP contribution in [-0.4, -0.2) is 47.9 Å². The fraction of sp³-hybridized carbons (Fsp3) is 0.462. The van der Waals surface area contributed by atoms with Gasteiger partial charge in [-0.1, -0.05) is 22.0 Å². The third kappa shape index (κ3) is 4.01. The van der Waals surface area contributed by atoms with Gasteiger partial charge in [-0.25, -0.2) is 0 Å². The first-order valence-corrected chi connectivity index (χ1v) is 7.23. The molecule has 1 aromatic rings. The molecule has 0 heterocycles. The maximum atomic E-state index is 12.5. The molecule has 0 N–H and O–H groups in total. The van der Waals surface area contributed by atoms with Crippen molar-refractivity contribution in [2.45, 2.75) is 6.92 Å². The Kier molecular flexibility index (Phi) is 6.60. The number of carbonyl (C=O) groups excluding carboxylic acids is 1. The monoisotopic (exact) mass is 344 g/mol. The minimum absolute atomic E-state index is 0.0404. The van der Waals surface area contributed by atoms with Crippen LogP contribution in [0, 0.1) is 17.0 Å². The highest BCUT2D eigenvalue weighted by atomic mass is 79.9. The molecule has 0 saturated heterocycles. The molecule has 110 valence electrons. The molecule has 0 aliphatic rings. The number of hydrogen-bond acceptors (Lipinski definition) is 4. The van der Waals surface area contributed by atoms with Crippen LogP contribution in [0.2, 0.25) is 0 Å². The molecule has 0 aliphatic heterocycles. The van der Waals surface area contributed by atoms with E-state index in [2.05, 4.69) is 15.9 Å². The number of alkyl halides is 1. The highest BCUT2D eigenvalue weighted by molar-refractivity contribution is 9.09. The van der Waals surface area contributed by atoms with Gasteiger partial charge in [0, 0.05) is 42.7 Å². The van der Waals surface area contributed by atoms with E-state index in [1.54, 1.807) is 25.0 Å². The lowest BCUT2D eigenvalue weighted by Crippen LogP contribution is -2.35. The molecular weight excluding hydrogens is 328 g/mol. The third-order valence-corrected chi connectivity index (χ3v) is 3.29. The molecule has 0 radical (unpaired) electrons. The van der Waals surface area contributed by atoms with Crippen molar-refractivity contribution in [3.05, 3.63) is 39.4 Å². The number of halogens is 1. The number of rotatable bonds is 7. The normalized spacial score (nSPS) is 10.3. The maximum absolute atomic E-state index is 12.5. The molecule has 6 nitrogen and oxygen atoms in total. The lowest BCUT2D eigenvalue weighted by molar-refractivity contribution is -0.385. The van der Waals surface area contributed by atoms with Gasteiger partial charge in [-0.2, -0.15) is 0 Å². The van der Waals surface area contributed by atoms with Gasteiger partial charge >= 0.3 is 0 Å². The molecule has 0 unspecified atom stereocenters. The SMILES string of the molecule is COCCN(CCBr)C(=O)c1cccc([N+](=O)[O-])c1C. The minimum Gasteiger partial charge on any atom is -0.383 e. The Balaban J connectivity index is 3.05. The number of carbonyl (C=O) groups is 1. The average Bonchev–Trinajstić information content (AvgIpc) is 2.42. The molecule has 0 atom stereocenters. The summed E-state index contributed by atoms with van der Waals surface area (Å²) < 4.78 is 4.98.